The number of thiophene rings is 1. The third kappa shape index (κ3) is 6.92. The average Bonchev–Trinajstić information content (AvgIpc) is 3.49. The average molecular weight is 514 g/mol. The summed E-state index contributed by atoms with van der Waals surface area (Å²) in [4.78, 5) is 29.2. The summed E-state index contributed by atoms with van der Waals surface area (Å²) in [7, 11) is 0. The van der Waals surface area contributed by atoms with Gasteiger partial charge in [-0.2, -0.15) is 0 Å². The SMILES string of the molecule is CC1CCC(C(=O)N(c2cc(C#CC(C)(C)C)sc2C(=O)O)C2CCC(OC3CCCC3)CC2)CC1. The molecule has 1 N–H and O–H groups in total. The van der Waals surface area contributed by atoms with Gasteiger partial charge >= 0.3 is 5.97 Å². The number of ether oxygens (including phenoxy) is 1. The van der Waals surface area contributed by atoms with Crippen molar-refractivity contribution in [3.05, 3.63) is 15.8 Å². The molecule has 0 saturated heterocycles. The first kappa shape index (κ1) is 27.2. The minimum absolute atomic E-state index is 0.0106. The van der Waals surface area contributed by atoms with E-state index in [-0.39, 0.29) is 34.3 Å². The summed E-state index contributed by atoms with van der Waals surface area (Å²) in [5.41, 5.74) is 0.369. The van der Waals surface area contributed by atoms with Crippen molar-refractivity contribution in [2.45, 2.75) is 123 Å². The van der Waals surface area contributed by atoms with Crippen LogP contribution < -0.4 is 4.90 Å². The molecule has 3 aliphatic rings. The van der Waals surface area contributed by atoms with Gasteiger partial charge in [0.1, 0.15) is 4.88 Å². The van der Waals surface area contributed by atoms with E-state index in [2.05, 4.69) is 18.8 Å². The van der Waals surface area contributed by atoms with Crippen LogP contribution in [0, 0.1) is 29.1 Å². The van der Waals surface area contributed by atoms with Gasteiger partial charge in [0.25, 0.3) is 0 Å². The van der Waals surface area contributed by atoms with Gasteiger partial charge in [0.15, 0.2) is 0 Å². The van der Waals surface area contributed by atoms with E-state index in [9.17, 15) is 14.7 Å². The zero-order valence-corrected chi connectivity index (χ0v) is 23.3. The van der Waals surface area contributed by atoms with Crippen LogP contribution in [0.5, 0.6) is 0 Å². The van der Waals surface area contributed by atoms with Crippen molar-refractivity contribution in [3.8, 4) is 11.8 Å². The standard InChI is InChI=1S/C30H43NO4S/c1-20-9-11-21(12-10-20)28(32)31(22-13-15-24(16-14-22)35-23-7-5-6-8-23)26-19-25(17-18-30(2,3)4)36-27(26)29(33)34/h19-24H,5-16H2,1-4H3,(H,33,34). The van der Waals surface area contributed by atoms with Crippen molar-refractivity contribution in [1.29, 1.82) is 0 Å². The predicted molar refractivity (Wildman–Crippen MR) is 146 cm³/mol. The molecule has 6 heteroatoms. The highest BCUT2D eigenvalue weighted by molar-refractivity contribution is 7.15. The third-order valence-electron chi connectivity index (χ3n) is 8.03. The van der Waals surface area contributed by atoms with Crippen molar-refractivity contribution in [1.82, 2.24) is 0 Å². The first-order valence-corrected chi connectivity index (χ1v) is 14.8. The van der Waals surface area contributed by atoms with Gasteiger partial charge in [0.05, 0.1) is 22.8 Å². The summed E-state index contributed by atoms with van der Waals surface area (Å²) in [6.07, 6.45) is 13.0. The zero-order valence-electron chi connectivity index (χ0n) is 22.5. The lowest BCUT2D eigenvalue weighted by molar-refractivity contribution is -0.124. The zero-order chi connectivity index (χ0) is 25.9. The molecule has 3 fully saturated rings. The Bertz CT molecular complexity index is 975. The molecule has 0 bridgehead atoms. The number of hydrogen-bond donors (Lipinski definition) is 1. The van der Waals surface area contributed by atoms with E-state index in [1.165, 1.54) is 37.0 Å². The van der Waals surface area contributed by atoms with Crippen LogP contribution >= 0.6 is 11.3 Å². The van der Waals surface area contributed by atoms with E-state index in [4.69, 9.17) is 4.74 Å². The number of amides is 1. The minimum atomic E-state index is -0.980. The van der Waals surface area contributed by atoms with Crippen LogP contribution in [0.25, 0.3) is 0 Å². The van der Waals surface area contributed by atoms with Crippen LogP contribution in [0.4, 0.5) is 5.69 Å². The molecule has 0 atom stereocenters. The molecule has 4 rings (SSSR count). The molecule has 1 aromatic rings. The second kappa shape index (κ2) is 11.7. The molecule has 1 aromatic heterocycles. The molecule has 5 nitrogen and oxygen atoms in total. The highest BCUT2D eigenvalue weighted by atomic mass is 32.1. The lowest BCUT2D eigenvalue weighted by atomic mass is 9.81. The van der Waals surface area contributed by atoms with E-state index >= 15 is 0 Å². The molecule has 198 valence electrons. The lowest BCUT2D eigenvalue weighted by Crippen LogP contribution is -2.47. The maximum absolute atomic E-state index is 14.0. The maximum Gasteiger partial charge on any atom is 0.348 e. The maximum atomic E-state index is 14.0. The lowest BCUT2D eigenvalue weighted by Gasteiger charge is -2.40. The molecule has 1 amide bonds. The molecule has 1 heterocycles. The van der Waals surface area contributed by atoms with Crippen molar-refractivity contribution in [3.63, 3.8) is 0 Å². The number of carbonyl (C=O) groups excluding carboxylic acids is 1. The summed E-state index contributed by atoms with van der Waals surface area (Å²) in [5.74, 6) is 6.15. The van der Waals surface area contributed by atoms with E-state index in [1.54, 1.807) is 0 Å². The summed E-state index contributed by atoms with van der Waals surface area (Å²) < 4.78 is 6.39. The molecule has 0 radical (unpaired) electrons. The Morgan fingerprint density at radius 3 is 2.17 bits per heavy atom. The van der Waals surface area contributed by atoms with Crippen molar-refractivity contribution >= 4 is 28.9 Å². The summed E-state index contributed by atoms with van der Waals surface area (Å²) in [6.45, 7) is 8.38. The van der Waals surface area contributed by atoms with Crippen LogP contribution in [0.2, 0.25) is 0 Å². The molecular weight excluding hydrogens is 470 g/mol. The molecule has 0 spiro atoms. The van der Waals surface area contributed by atoms with E-state index < -0.39 is 5.97 Å². The molecule has 3 saturated carbocycles. The number of anilines is 1. The second-order valence-corrected chi connectivity index (χ2v) is 13.3. The Morgan fingerprint density at radius 1 is 0.972 bits per heavy atom. The molecular formula is C30H43NO4S. The summed E-state index contributed by atoms with van der Waals surface area (Å²) in [6, 6.07) is 1.87. The Labute approximate surface area is 221 Å². The predicted octanol–water partition coefficient (Wildman–Crippen LogP) is 7.27. The summed E-state index contributed by atoms with van der Waals surface area (Å²) >= 11 is 1.20. The van der Waals surface area contributed by atoms with E-state index in [0.717, 1.165) is 51.4 Å². The van der Waals surface area contributed by atoms with Crippen LogP contribution in [-0.4, -0.2) is 35.2 Å². The van der Waals surface area contributed by atoms with Crippen LogP contribution in [-0.2, 0) is 9.53 Å². The number of nitrogens with zero attached hydrogens (tertiary/aromatic N) is 1. The fourth-order valence-electron chi connectivity index (χ4n) is 5.96. The number of carboxylic acids is 1. The number of rotatable bonds is 6. The van der Waals surface area contributed by atoms with Gasteiger partial charge in [-0.05, 0) is 97.0 Å². The number of carboxylic acid groups (broad SMARTS) is 1. The van der Waals surface area contributed by atoms with Gasteiger partial charge in [0, 0.05) is 17.4 Å². The first-order chi connectivity index (χ1) is 17.1. The minimum Gasteiger partial charge on any atom is -0.477 e. The molecule has 3 aliphatic carbocycles. The molecule has 0 aromatic carbocycles. The van der Waals surface area contributed by atoms with Gasteiger partial charge in [-0.1, -0.05) is 31.6 Å². The van der Waals surface area contributed by atoms with Crippen molar-refractivity contribution in [2.24, 2.45) is 17.3 Å². The third-order valence-corrected chi connectivity index (χ3v) is 9.05. The van der Waals surface area contributed by atoms with Crippen molar-refractivity contribution < 1.29 is 19.4 Å². The van der Waals surface area contributed by atoms with E-state index in [0.29, 0.717) is 22.6 Å². The fraction of sp³-hybridized carbons (Fsp3) is 0.733. The Balaban J connectivity index is 1.60. The van der Waals surface area contributed by atoms with E-state index in [1.807, 2.05) is 31.7 Å². The van der Waals surface area contributed by atoms with Gasteiger partial charge in [0.2, 0.25) is 5.91 Å². The molecule has 0 unspecified atom stereocenters. The first-order valence-electron chi connectivity index (χ1n) is 14.0. The Hall–Kier alpha value is -1.84. The highest BCUT2D eigenvalue weighted by Crippen LogP contribution is 2.39. The Kier molecular flexibility index (Phi) is 8.83. The monoisotopic (exact) mass is 513 g/mol. The van der Waals surface area contributed by atoms with Gasteiger partial charge < -0.3 is 14.7 Å². The number of carbonyl (C=O) groups is 2. The van der Waals surface area contributed by atoms with Gasteiger partial charge in [-0.25, -0.2) is 4.79 Å². The van der Waals surface area contributed by atoms with Gasteiger partial charge in [-0.15, -0.1) is 11.3 Å². The van der Waals surface area contributed by atoms with Crippen LogP contribution in [0.3, 0.4) is 0 Å². The normalized spacial score (nSPS) is 27.3. The van der Waals surface area contributed by atoms with Crippen LogP contribution in [0.15, 0.2) is 6.07 Å². The fourth-order valence-corrected chi connectivity index (χ4v) is 6.80. The largest absolute Gasteiger partial charge is 0.477 e. The smallest absolute Gasteiger partial charge is 0.348 e. The topological polar surface area (TPSA) is 66.8 Å². The quantitative estimate of drug-likeness (QED) is 0.406. The molecule has 0 aliphatic heterocycles. The molecule has 36 heavy (non-hydrogen) atoms. The number of hydrogen-bond acceptors (Lipinski definition) is 4. The van der Waals surface area contributed by atoms with Crippen LogP contribution in [0.1, 0.15) is 119 Å². The second-order valence-electron chi connectivity index (χ2n) is 12.3. The summed E-state index contributed by atoms with van der Waals surface area (Å²) in [5, 5.41) is 10.1. The number of aromatic carboxylic acids is 1. The van der Waals surface area contributed by atoms with Crippen molar-refractivity contribution in [2.75, 3.05) is 4.90 Å². The Morgan fingerprint density at radius 2 is 1.58 bits per heavy atom. The highest BCUT2D eigenvalue weighted by Gasteiger charge is 2.38. The van der Waals surface area contributed by atoms with Gasteiger partial charge in [-0.3, -0.25) is 4.79 Å².